The number of hydrogen-bond acceptors (Lipinski definition) is 2. The summed E-state index contributed by atoms with van der Waals surface area (Å²) in [5.74, 6) is 0. The molecule has 0 atom stereocenters. The van der Waals surface area contributed by atoms with Gasteiger partial charge in [0.05, 0.1) is 11.0 Å². The number of fused-ring (bicyclic) bond motifs is 8. The van der Waals surface area contributed by atoms with Crippen LogP contribution in [0.15, 0.2) is 192 Å². The summed E-state index contributed by atoms with van der Waals surface area (Å²) >= 11 is 0. The molecule has 248 valence electrons. The van der Waals surface area contributed by atoms with Crippen LogP contribution in [-0.4, -0.2) is 4.57 Å². The maximum Gasteiger partial charge on any atom is 0.136 e. The van der Waals surface area contributed by atoms with E-state index in [0.29, 0.717) is 0 Å². The Hall–Kier alpha value is -7.10. The molecule has 0 spiro atoms. The molecule has 0 saturated heterocycles. The lowest BCUT2D eigenvalue weighted by Crippen LogP contribution is -1.95. The minimum atomic E-state index is 0.900. The summed E-state index contributed by atoms with van der Waals surface area (Å²) in [7, 11) is 0. The molecule has 3 nitrogen and oxygen atoms in total. The van der Waals surface area contributed by atoms with Crippen molar-refractivity contribution in [2.45, 2.75) is 0 Å². The van der Waals surface area contributed by atoms with Gasteiger partial charge in [0.15, 0.2) is 0 Å². The van der Waals surface area contributed by atoms with Crippen molar-refractivity contribution in [3.63, 3.8) is 0 Å². The normalized spacial score (nSPS) is 11.8. The Morgan fingerprint density at radius 3 is 1.91 bits per heavy atom. The minimum Gasteiger partial charge on any atom is -0.456 e. The van der Waals surface area contributed by atoms with E-state index in [1.54, 1.807) is 0 Å². The number of anilines is 2. The van der Waals surface area contributed by atoms with Gasteiger partial charge in [0, 0.05) is 44.2 Å². The molecule has 0 fully saturated rings. The van der Waals surface area contributed by atoms with Gasteiger partial charge in [0.1, 0.15) is 11.2 Å². The van der Waals surface area contributed by atoms with Crippen LogP contribution in [-0.2, 0) is 0 Å². The molecular weight excluding hydrogens is 645 g/mol. The number of benzene rings is 9. The van der Waals surface area contributed by atoms with Crippen molar-refractivity contribution < 1.29 is 4.42 Å². The molecule has 0 amide bonds. The second-order valence-electron chi connectivity index (χ2n) is 13.9. The average molecular weight is 677 g/mol. The van der Waals surface area contributed by atoms with E-state index >= 15 is 0 Å². The topological polar surface area (TPSA) is 30.1 Å². The van der Waals surface area contributed by atoms with Crippen LogP contribution in [0.3, 0.4) is 0 Å². The van der Waals surface area contributed by atoms with Gasteiger partial charge in [-0.25, -0.2) is 0 Å². The van der Waals surface area contributed by atoms with Gasteiger partial charge >= 0.3 is 0 Å². The molecule has 9 aromatic carbocycles. The number of para-hydroxylation sites is 1. The maximum atomic E-state index is 6.43. The van der Waals surface area contributed by atoms with Crippen LogP contribution < -0.4 is 5.32 Å². The summed E-state index contributed by atoms with van der Waals surface area (Å²) < 4.78 is 8.84. The third-order valence-electron chi connectivity index (χ3n) is 10.7. The van der Waals surface area contributed by atoms with Gasteiger partial charge in [-0.3, -0.25) is 0 Å². The molecule has 2 heterocycles. The van der Waals surface area contributed by atoms with E-state index in [1.165, 1.54) is 37.9 Å². The lowest BCUT2D eigenvalue weighted by atomic mass is 9.96. The third kappa shape index (κ3) is 4.90. The van der Waals surface area contributed by atoms with Crippen LogP contribution in [0, 0.1) is 0 Å². The number of nitrogens with one attached hydrogen (secondary N) is 1. The van der Waals surface area contributed by atoms with Crippen LogP contribution in [0.2, 0.25) is 0 Å². The van der Waals surface area contributed by atoms with Crippen molar-refractivity contribution in [3.8, 4) is 27.9 Å². The van der Waals surface area contributed by atoms with Gasteiger partial charge in [0.25, 0.3) is 0 Å². The Kier molecular flexibility index (Phi) is 6.55. The van der Waals surface area contributed by atoms with Gasteiger partial charge in [-0.05, 0) is 105 Å². The predicted octanol–water partition coefficient (Wildman–Crippen LogP) is 14.1. The molecule has 0 unspecified atom stereocenters. The first-order valence-electron chi connectivity index (χ1n) is 18.1. The molecule has 11 rings (SSSR count). The van der Waals surface area contributed by atoms with Crippen LogP contribution in [0.4, 0.5) is 11.4 Å². The quantitative estimate of drug-likeness (QED) is 0.197. The lowest BCUT2D eigenvalue weighted by Gasteiger charge is -2.15. The average Bonchev–Trinajstić information content (AvgIpc) is 3.74. The number of furan rings is 1. The summed E-state index contributed by atoms with van der Waals surface area (Å²) in [6.45, 7) is 0. The summed E-state index contributed by atoms with van der Waals surface area (Å²) in [4.78, 5) is 0. The van der Waals surface area contributed by atoms with E-state index in [0.717, 1.165) is 66.7 Å². The number of nitrogens with zero attached hydrogens (tertiary/aromatic N) is 1. The first kappa shape index (κ1) is 29.6. The van der Waals surface area contributed by atoms with Crippen molar-refractivity contribution in [1.82, 2.24) is 4.57 Å². The maximum absolute atomic E-state index is 6.43. The van der Waals surface area contributed by atoms with Crippen LogP contribution in [0.25, 0.3) is 93.2 Å². The van der Waals surface area contributed by atoms with Crippen molar-refractivity contribution >= 4 is 76.7 Å². The van der Waals surface area contributed by atoms with Crippen molar-refractivity contribution in [2.75, 3.05) is 5.32 Å². The molecule has 0 aliphatic carbocycles. The van der Waals surface area contributed by atoms with Crippen LogP contribution in [0.1, 0.15) is 0 Å². The SMILES string of the molecule is c1ccc(-c2cc(-c3ccc4c(c3)c3cc5oc6ccccc6c5cc3n4-c3ccc4ccccc4c3)ccc2Nc2ccc3ccccc3c2)cc1. The Labute approximate surface area is 306 Å². The fraction of sp³-hybridized carbons (Fsp3) is 0. The third-order valence-corrected chi connectivity index (χ3v) is 10.7. The smallest absolute Gasteiger partial charge is 0.136 e. The number of rotatable bonds is 5. The minimum absolute atomic E-state index is 0.900. The Morgan fingerprint density at radius 2 is 1.06 bits per heavy atom. The lowest BCUT2D eigenvalue weighted by molar-refractivity contribution is 0.669. The van der Waals surface area contributed by atoms with E-state index in [4.69, 9.17) is 4.42 Å². The van der Waals surface area contributed by atoms with E-state index < -0.39 is 0 Å². The fourth-order valence-electron chi connectivity index (χ4n) is 8.12. The van der Waals surface area contributed by atoms with E-state index in [1.807, 2.05) is 6.07 Å². The number of hydrogen-bond donors (Lipinski definition) is 1. The second kappa shape index (κ2) is 11.7. The highest BCUT2D eigenvalue weighted by Crippen LogP contribution is 2.41. The largest absolute Gasteiger partial charge is 0.456 e. The Balaban J connectivity index is 1.10. The standard InChI is InChI=1S/C50H32N2O/c1-2-12-34(13-3-1)42-28-37(20-24-46(42)51-39-22-18-32-10-4-6-14-35(32)26-39)38-21-25-47-43(29-38)44-31-50-45(41-16-8-9-17-49(41)53-50)30-48(44)52(47)40-23-19-33-11-5-7-15-36(33)27-40/h1-31,51H. The van der Waals surface area contributed by atoms with Gasteiger partial charge in [0.2, 0.25) is 0 Å². The molecule has 1 N–H and O–H groups in total. The first-order chi connectivity index (χ1) is 26.2. The summed E-state index contributed by atoms with van der Waals surface area (Å²) in [6.07, 6.45) is 0. The van der Waals surface area contributed by atoms with Crippen molar-refractivity contribution in [2.24, 2.45) is 0 Å². The Morgan fingerprint density at radius 1 is 0.377 bits per heavy atom. The van der Waals surface area contributed by atoms with Crippen LogP contribution >= 0.6 is 0 Å². The highest BCUT2D eigenvalue weighted by molar-refractivity contribution is 6.17. The monoisotopic (exact) mass is 676 g/mol. The predicted molar refractivity (Wildman–Crippen MR) is 224 cm³/mol. The van der Waals surface area contributed by atoms with E-state index in [2.05, 4.69) is 192 Å². The van der Waals surface area contributed by atoms with Crippen molar-refractivity contribution in [3.05, 3.63) is 188 Å². The summed E-state index contributed by atoms with van der Waals surface area (Å²) in [5, 5.41) is 13.3. The van der Waals surface area contributed by atoms with Gasteiger partial charge in [-0.1, -0.05) is 121 Å². The highest BCUT2D eigenvalue weighted by atomic mass is 16.3. The molecule has 0 saturated carbocycles. The van der Waals surface area contributed by atoms with Gasteiger partial charge < -0.3 is 14.3 Å². The zero-order chi connectivity index (χ0) is 34.9. The summed E-state index contributed by atoms with van der Waals surface area (Å²) in [5.41, 5.74) is 12.0. The molecule has 0 radical (unpaired) electrons. The molecule has 2 aromatic heterocycles. The van der Waals surface area contributed by atoms with Crippen LogP contribution in [0.5, 0.6) is 0 Å². The van der Waals surface area contributed by atoms with E-state index in [9.17, 15) is 0 Å². The Bertz CT molecular complexity index is 3200. The second-order valence-corrected chi connectivity index (χ2v) is 13.9. The summed E-state index contributed by atoms with van der Waals surface area (Å²) in [6, 6.07) is 67.5. The molecule has 11 aromatic rings. The molecular formula is C50H32N2O. The molecule has 0 bridgehead atoms. The van der Waals surface area contributed by atoms with Gasteiger partial charge in [-0.15, -0.1) is 0 Å². The first-order valence-corrected chi connectivity index (χ1v) is 18.1. The van der Waals surface area contributed by atoms with Crippen molar-refractivity contribution in [1.29, 1.82) is 0 Å². The highest BCUT2D eigenvalue weighted by Gasteiger charge is 2.18. The molecule has 0 aliphatic rings. The number of aromatic nitrogens is 1. The van der Waals surface area contributed by atoms with Gasteiger partial charge in [-0.2, -0.15) is 0 Å². The molecule has 3 heteroatoms. The fourth-order valence-corrected chi connectivity index (χ4v) is 8.12. The zero-order valence-electron chi connectivity index (χ0n) is 28.8. The molecule has 0 aliphatic heterocycles. The van der Waals surface area contributed by atoms with E-state index in [-0.39, 0.29) is 0 Å². The zero-order valence-corrected chi connectivity index (χ0v) is 28.8. The molecule has 53 heavy (non-hydrogen) atoms.